The average Bonchev–Trinajstić information content (AvgIpc) is 2.87. The maximum absolute atomic E-state index is 5.98. The van der Waals surface area contributed by atoms with Gasteiger partial charge in [-0.25, -0.2) is 0 Å². The van der Waals surface area contributed by atoms with Gasteiger partial charge in [0.2, 0.25) is 0 Å². The normalized spacial score (nSPS) is 20.5. The van der Waals surface area contributed by atoms with Crippen LogP contribution in [0, 0.1) is 0 Å². The highest BCUT2D eigenvalue weighted by Crippen LogP contribution is 2.12. The number of hydrogen-bond acceptors (Lipinski definition) is 3. The van der Waals surface area contributed by atoms with Crippen molar-refractivity contribution >= 4 is 0 Å². The Morgan fingerprint density at radius 1 is 1.22 bits per heavy atom. The number of likely N-dealkylation sites (tertiary alicyclic amines) is 1. The Morgan fingerprint density at radius 2 is 1.89 bits per heavy atom. The summed E-state index contributed by atoms with van der Waals surface area (Å²) in [7, 11) is 2.19. The van der Waals surface area contributed by atoms with Crippen LogP contribution < -0.4 is 0 Å². The van der Waals surface area contributed by atoms with Gasteiger partial charge in [0.1, 0.15) is 0 Å². The van der Waals surface area contributed by atoms with E-state index < -0.39 is 0 Å². The Kier molecular flexibility index (Phi) is 7.87. The monoisotopic (exact) mass is 256 g/mol. The third-order valence-corrected chi connectivity index (χ3v) is 3.85. The fourth-order valence-corrected chi connectivity index (χ4v) is 2.60. The molecule has 0 saturated carbocycles. The molecule has 1 fully saturated rings. The molecular weight excluding hydrogens is 224 g/mol. The summed E-state index contributed by atoms with van der Waals surface area (Å²) in [5.74, 6) is 0. The molecule has 0 N–H and O–H groups in total. The van der Waals surface area contributed by atoms with Crippen molar-refractivity contribution < 1.29 is 4.74 Å². The lowest BCUT2D eigenvalue weighted by atomic mass is 10.3. The van der Waals surface area contributed by atoms with Crippen LogP contribution >= 0.6 is 0 Å². The predicted octanol–water partition coefficient (Wildman–Crippen LogP) is 2.61. The fraction of sp³-hybridized carbons (Fsp3) is 1.00. The van der Waals surface area contributed by atoms with Gasteiger partial charge in [0, 0.05) is 12.6 Å². The molecule has 1 aliphatic rings. The lowest BCUT2D eigenvalue weighted by Crippen LogP contribution is -2.37. The van der Waals surface area contributed by atoms with Gasteiger partial charge in [0.15, 0.2) is 0 Å². The van der Waals surface area contributed by atoms with Gasteiger partial charge in [-0.05, 0) is 59.8 Å². The summed E-state index contributed by atoms with van der Waals surface area (Å²) < 4.78 is 5.98. The highest BCUT2D eigenvalue weighted by Gasteiger charge is 2.18. The first-order valence-corrected chi connectivity index (χ1v) is 7.67. The van der Waals surface area contributed by atoms with E-state index in [0.29, 0.717) is 12.1 Å². The van der Waals surface area contributed by atoms with Crippen LogP contribution in [0.1, 0.15) is 46.5 Å². The molecule has 0 aromatic heterocycles. The summed E-state index contributed by atoms with van der Waals surface area (Å²) in [6, 6.07) is 0.580. The van der Waals surface area contributed by atoms with Crippen molar-refractivity contribution in [1.82, 2.24) is 9.80 Å². The fourth-order valence-electron chi connectivity index (χ4n) is 2.60. The summed E-state index contributed by atoms with van der Waals surface area (Å²) in [5, 5.41) is 0. The molecule has 1 aliphatic heterocycles. The predicted molar refractivity (Wildman–Crippen MR) is 78.1 cm³/mol. The molecule has 1 heterocycles. The van der Waals surface area contributed by atoms with Gasteiger partial charge in [0.05, 0.1) is 12.7 Å². The second kappa shape index (κ2) is 8.89. The van der Waals surface area contributed by atoms with Gasteiger partial charge in [-0.2, -0.15) is 0 Å². The molecule has 0 spiro atoms. The first-order chi connectivity index (χ1) is 8.63. The summed E-state index contributed by atoms with van der Waals surface area (Å²) in [5.41, 5.74) is 0. The molecule has 0 aromatic rings. The SMILES string of the molecule is CCCCN(C)CC(C)OCC(C)N1CCCC1. The van der Waals surface area contributed by atoms with E-state index in [1.807, 2.05) is 0 Å². The number of unbranched alkanes of at least 4 members (excludes halogenated alkanes) is 1. The van der Waals surface area contributed by atoms with Crippen molar-refractivity contribution in [2.75, 3.05) is 39.8 Å². The van der Waals surface area contributed by atoms with Crippen LogP contribution in [-0.4, -0.2) is 61.8 Å². The zero-order chi connectivity index (χ0) is 13.4. The van der Waals surface area contributed by atoms with Crippen molar-refractivity contribution in [1.29, 1.82) is 0 Å². The second-order valence-corrected chi connectivity index (χ2v) is 5.85. The van der Waals surface area contributed by atoms with Gasteiger partial charge < -0.3 is 9.64 Å². The number of likely N-dealkylation sites (N-methyl/N-ethyl adjacent to an activating group) is 1. The summed E-state index contributed by atoms with van der Waals surface area (Å²) in [6.45, 7) is 12.4. The lowest BCUT2D eigenvalue weighted by Gasteiger charge is -2.27. The van der Waals surface area contributed by atoms with Crippen LogP contribution in [0.25, 0.3) is 0 Å². The van der Waals surface area contributed by atoms with Crippen molar-refractivity contribution in [3.63, 3.8) is 0 Å². The van der Waals surface area contributed by atoms with E-state index in [1.54, 1.807) is 0 Å². The third-order valence-electron chi connectivity index (χ3n) is 3.85. The molecule has 3 nitrogen and oxygen atoms in total. The summed E-state index contributed by atoms with van der Waals surface area (Å²) in [4.78, 5) is 4.93. The van der Waals surface area contributed by atoms with Gasteiger partial charge in [-0.3, -0.25) is 4.90 Å². The summed E-state index contributed by atoms with van der Waals surface area (Å²) >= 11 is 0. The van der Waals surface area contributed by atoms with Crippen molar-refractivity contribution in [3.8, 4) is 0 Å². The van der Waals surface area contributed by atoms with E-state index in [1.165, 1.54) is 45.3 Å². The van der Waals surface area contributed by atoms with E-state index in [4.69, 9.17) is 4.74 Å². The quantitative estimate of drug-likeness (QED) is 0.631. The highest BCUT2D eigenvalue weighted by molar-refractivity contribution is 4.73. The molecule has 0 aliphatic carbocycles. The number of hydrogen-bond donors (Lipinski definition) is 0. The minimum absolute atomic E-state index is 0.344. The molecule has 18 heavy (non-hydrogen) atoms. The topological polar surface area (TPSA) is 15.7 Å². The molecule has 2 atom stereocenters. The Bertz CT molecular complexity index is 205. The van der Waals surface area contributed by atoms with E-state index in [2.05, 4.69) is 37.6 Å². The van der Waals surface area contributed by atoms with Crippen molar-refractivity contribution in [2.24, 2.45) is 0 Å². The molecule has 1 saturated heterocycles. The van der Waals surface area contributed by atoms with E-state index >= 15 is 0 Å². The number of ether oxygens (including phenoxy) is 1. The zero-order valence-corrected chi connectivity index (χ0v) is 12.8. The van der Waals surface area contributed by atoms with Crippen LogP contribution in [0.5, 0.6) is 0 Å². The number of nitrogens with zero attached hydrogens (tertiary/aromatic N) is 2. The largest absolute Gasteiger partial charge is 0.376 e. The highest BCUT2D eigenvalue weighted by atomic mass is 16.5. The van der Waals surface area contributed by atoms with E-state index in [-0.39, 0.29) is 0 Å². The Labute approximate surface area is 113 Å². The minimum Gasteiger partial charge on any atom is -0.376 e. The van der Waals surface area contributed by atoms with Gasteiger partial charge >= 0.3 is 0 Å². The van der Waals surface area contributed by atoms with Crippen LogP contribution in [0.4, 0.5) is 0 Å². The van der Waals surface area contributed by atoms with Crippen molar-refractivity contribution in [3.05, 3.63) is 0 Å². The van der Waals surface area contributed by atoms with E-state index in [9.17, 15) is 0 Å². The molecule has 2 unspecified atom stereocenters. The van der Waals surface area contributed by atoms with Crippen LogP contribution in [0.3, 0.4) is 0 Å². The smallest absolute Gasteiger partial charge is 0.0674 e. The molecule has 0 bridgehead atoms. The first-order valence-electron chi connectivity index (χ1n) is 7.67. The molecular formula is C15H32N2O. The maximum Gasteiger partial charge on any atom is 0.0674 e. The van der Waals surface area contributed by atoms with Gasteiger partial charge in [0.25, 0.3) is 0 Å². The van der Waals surface area contributed by atoms with E-state index in [0.717, 1.165) is 13.2 Å². The molecule has 0 radical (unpaired) electrons. The number of rotatable bonds is 9. The second-order valence-electron chi connectivity index (χ2n) is 5.85. The Morgan fingerprint density at radius 3 is 2.50 bits per heavy atom. The minimum atomic E-state index is 0.344. The maximum atomic E-state index is 5.98. The van der Waals surface area contributed by atoms with Crippen LogP contribution in [0.2, 0.25) is 0 Å². The molecule has 0 aromatic carbocycles. The third kappa shape index (κ3) is 6.17. The Balaban J connectivity index is 2.09. The van der Waals surface area contributed by atoms with Gasteiger partial charge in [-0.1, -0.05) is 13.3 Å². The van der Waals surface area contributed by atoms with Gasteiger partial charge in [-0.15, -0.1) is 0 Å². The Hall–Kier alpha value is -0.120. The summed E-state index contributed by atoms with van der Waals surface area (Å²) in [6.07, 6.45) is 5.62. The molecule has 108 valence electrons. The molecule has 3 heteroatoms. The zero-order valence-electron chi connectivity index (χ0n) is 12.8. The molecule has 0 amide bonds. The van der Waals surface area contributed by atoms with Crippen LogP contribution in [-0.2, 0) is 4.74 Å². The standard InChI is InChI=1S/C15H32N2O/c1-5-6-9-16(4)12-15(3)18-13-14(2)17-10-7-8-11-17/h14-15H,5-13H2,1-4H3. The average molecular weight is 256 g/mol. The lowest BCUT2D eigenvalue weighted by molar-refractivity contribution is 0.0122. The first kappa shape index (κ1) is 15.9. The van der Waals surface area contributed by atoms with Crippen molar-refractivity contribution in [2.45, 2.75) is 58.6 Å². The van der Waals surface area contributed by atoms with Crippen LogP contribution in [0.15, 0.2) is 0 Å². The molecule has 1 rings (SSSR count).